The van der Waals surface area contributed by atoms with E-state index in [0.717, 1.165) is 11.1 Å². The maximum Gasteiger partial charge on any atom is 0.319 e. The first kappa shape index (κ1) is 18.1. The van der Waals surface area contributed by atoms with E-state index in [-0.39, 0.29) is 0 Å². The molecule has 0 aliphatic heterocycles. The van der Waals surface area contributed by atoms with Crippen LogP contribution in [0.5, 0.6) is 0 Å². The molecule has 2 rings (SSSR count). The Balaban J connectivity index is 1.56. The summed E-state index contributed by atoms with van der Waals surface area (Å²) in [4.78, 5) is 0. The van der Waals surface area contributed by atoms with Crippen LogP contribution in [-0.4, -0.2) is 13.2 Å². The van der Waals surface area contributed by atoms with Crippen LogP contribution in [0, 0.1) is 23.7 Å². The molecule has 0 aromatic heterocycles. The molecular weight excluding hydrogens is 319 g/mol. The van der Waals surface area contributed by atoms with Gasteiger partial charge in [0.05, 0.1) is 13.2 Å². The van der Waals surface area contributed by atoms with Crippen LogP contribution in [0.25, 0.3) is 0 Å². The Labute approximate surface area is 144 Å². The standard InChI is InChI=1S/C20H19O3P/c21-24(22-17-9-7-15-19-11-3-1-4-12-19)23-18-10-8-16-20-13-5-2-6-14-20/h1-6,11-14,24H,9-10,17-18H2. The second-order valence-corrected chi connectivity index (χ2v) is 5.86. The lowest BCUT2D eigenvalue weighted by molar-refractivity contribution is 0.233. The van der Waals surface area contributed by atoms with Gasteiger partial charge in [0.15, 0.2) is 0 Å². The lowest BCUT2D eigenvalue weighted by Crippen LogP contribution is -1.89. The Morgan fingerprint density at radius 1 is 0.708 bits per heavy atom. The summed E-state index contributed by atoms with van der Waals surface area (Å²) < 4.78 is 21.8. The summed E-state index contributed by atoms with van der Waals surface area (Å²) in [6.45, 7) is 0.598. The monoisotopic (exact) mass is 338 g/mol. The van der Waals surface area contributed by atoms with Gasteiger partial charge >= 0.3 is 8.25 Å². The quantitative estimate of drug-likeness (QED) is 0.448. The molecular formula is C20H19O3P. The Kier molecular flexibility index (Phi) is 8.48. The van der Waals surface area contributed by atoms with Crippen molar-refractivity contribution in [3.05, 3.63) is 71.8 Å². The van der Waals surface area contributed by atoms with Crippen molar-refractivity contribution in [3.63, 3.8) is 0 Å². The van der Waals surface area contributed by atoms with Crippen LogP contribution in [0.4, 0.5) is 0 Å². The van der Waals surface area contributed by atoms with Gasteiger partial charge in [-0.1, -0.05) is 60.1 Å². The van der Waals surface area contributed by atoms with Gasteiger partial charge in [-0.25, -0.2) is 0 Å². The third-order valence-corrected chi connectivity index (χ3v) is 3.79. The molecule has 24 heavy (non-hydrogen) atoms. The van der Waals surface area contributed by atoms with E-state index >= 15 is 0 Å². The zero-order valence-corrected chi connectivity index (χ0v) is 14.3. The summed E-state index contributed by atoms with van der Waals surface area (Å²) >= 11 is 0. The van der Waals surface area contributed by atoms with E-state index in [4.69, 9.17) is 9.05 Å². The third-order valence-electron chi connectivity index (χ3n) is 2.91. The highest BCUT2D eigenvalue weighted by molar-refractivity contribution is 7.33. The number of hydrogen-bond donors (Lipinski definition) is 0. The van der Waals surface area contributed by atoms with Crippen LogP contribution in [0.15, 0.2) is 60.7 Å². The van der Waals surface area contributed by atoms with Gasteiger partial charge in [0.2, 0.25) is 0 Å². The van der Waals surface area contributed by atoms with Crippen LogP contribution in [0.3, 0.4) is 0 Å². The molecule has 0 heterocycles. The van der Waals surface area contributed by atoms with Crippen LogP contribution >= 0.6 is 8.25 Å². The summed E-state index contributed by atoms with van der Waals surface area (Å²) in [5.41, 5.74) is 1.91. The molecule has 0 spiro atoms. The van der Waals surface area contributed by atoms with E-state index < -0.39 is 8.25 Å². The van der Waals surface area contributed by atoms with Gasteiger partial charge in [-0.05, 0) is 24.3 Å². The molecule has 2 aromatic carbocycles. The Morgan fingerprint density at radius 2 is 1.12 bits per heavy atom. The minimum absolute atomic E-state index is 0.299. The lowest BCUT2D eigenvalue weighted by atomic mass is 10.2. The zero-order valence-electron chi connectivity index (χ0n) is 13.3. The first-order valence-electron chi connectivity index (χ1n) is 7.72. The first-order chi connectivity index (χ1) is 11.8. The summed E-state index contributed by atoms with van der Waals surface area (Å²) in [6, 6.07) is 19.4. The fourth-order valence-corrected chi connectivity index (χ4v) is 2.41. The fourth-order valence-electron chi connectivity index (χ4n) is 1.78. The highest BCUT2D eigenvalue weighted by Crippen LogP contribution is 2.23. The molecule has 0 N–H and O–H groups in total. The van der Waals surface area contributed by atoms with Gasteiger partial charge in [-0.2, -0.15) is 0 Å². The molecule has 0 amide bonds. The number of benzene rings is 2. The van der Waals surface area contributed by atoms with Crippen molar-refractivity contribution in [2.24, 2.45) is 0 Å². The highest BCUT2D eigenvalue weighted by atomic mass is 31.1. The Hall–Kier alpha value is -2.29. The van der Waals surface area contributed by atoms with Crippen molar-refractivity contribution >= 4 is 8.25 Å². The zero-order chi connectivity index (χ0) is 16.9. The summed E-state index contributed by atoms with van der Waals surface area (Å²) in [5.74, 6) is 12.0. The predicted octanol–water partition coefficient (Wildman–Crippen LogP) is 4.29. The summed E-state index contributed by atoms with van der Waals surface area (Å²) in [6.07, 6.45) is 1.03. The average molecular weight is 338 g/mol. The van der Waals surface area contributed by atoms with Gasteiger partial charge in [-0.15, -0.1) is 0 Å². The molecule has 0 fully saturated rings. The van der Waals surface area contributed by atoms with E-state index in [2.05, 4.69) is 23.7 Å². The van der Waals surface area contributed by atoms with Gasteiger partial charge in [-0.3, -0.25) is 4.57 Å². The molecule has 0 aliphatic rings. The van der Waals surface area contributed by atoms with Crippen molar-refractivity contribution in [3.8, 4) is 23.7 Å². The highest BCUT2D eigenvalue weighted by Gasteiger charge is 1.97. The maximum atomic E-state index is 11.6. The molecule has 2 aromatic rings. The van der Waals surface area contributed by atoms with Crippen molar-refractivity contribution in [1.29, 1.82) is 0 Å². The normalized spacial score (nSPS) is 9.71. The first-order valence-corrected chi connectivity index (χ1v) is 8.94. The SMILES string of the molecule is O=[PH](OCCC#Cc1ccccc1)OCCC#Cc1ccccc1. The summed E-state index contributed by atoms with van der Waals surface area (Å²) in [5, 5.41) is 0. The van der Waals surface area contributed by atoms with E-state index in [1.807, 2.05) is 60.7 Å². The molecule has 0 saturated heterocycles. The topological polar surface area (TPSA) is 35.5 Å². The number of rotatable bonds is 6. The van der Waals surface area contributed by atoms with E-state index in [1.165, 1.54) is 0 Å². The molecule has 3 nitrogen and oxygen atoms in total. The minimum atomic E-state index is -2.46. The molecule has 0 unspecified atom stereocenters. The van der Waals surface area contributed by atoms with Gasteiger partial charge in [0, 0.05) is 24.0 Å². The largest absolute Gasteiger partial charge is 0.319 e. The predicted molar refractivity (Wildman–Crippen MR) is 96.8 cm³/mol. The molecule has 0 bridgehead atoms. The van der Waals surface area contributed by atoms with E-state index in [1.54, 1.807) is 0 Å². The molecule has 4 heteroatoms. The molecule has 122 valence electrons. The van der Waals surface area contributed by atoms with Crippen molar-refractivity contribution < 1.29 is 13.6 Å². The summed E-state index contributed by atoms with van der Waals surface area (Å²) in [7, 11) is -2.46. The Bertz CT molecular complexity index is 684. The van der Waals surface area contributed by atoms with Crippen molar-refractivity contribution in [2.75, 3.05) is 13.2 Å². The van der Waals surface area contributed by atoms with Crippen molar-refractivity contribution in [2.45, 2.75) is 12.8 Å². The van der Waals surface area contributed by atoms with Gasteiger partial charge in [0.1, 0.15) is 0 Å². The molecule has 0 saturated carbocycles. The minimum Gasteiger partial charge on any atom is -0.310 e. The second-order valence-electron chi connectivity index (χ2n) is 4.78. The molecule has 0 radical (unpaired) electrons. The van der Waals surface area contributed by atoms with E-state index in [9.17, 15) is 4.57 Å². The lowest BCUT2D eigenvalue weighted by Gasteiger charge is -2.01. The van der Waals surface area contributed by atoms with Crippen LogP contribution in [0.2, 0.25) is 0 Å². The number of hydrogen-bond acceptors (Lipinski definition) is 3. The smallest absolute Gasteiger partial charge is 0.310 e. The van der Waals surface area contributed by atoms with E-state index in [0.29, 0.717) is 26.1 Å². The second kappa shape index (κ2) is 11.3. The Morgan fingerprint density at radius 3 is 1.54 bits per heavy atom. The average Bonchev–Trinajstić information content (AvgIpc) is 2.63. The fraction of sp³-hybridized carbons (Fsp3) is 0.200. The molecule has 0 aliphatic carbocycles. The molecule has 0 atom stereocenters. The third kappa shape index (κ3) is 7.82. The van der Waals surface area contributed by atoms with Gasteiger partial charge in [0.25, 0.3) is 0 Å². The van der Waals surface area contributed by atoms with Crippen LogP contribution < -0.4 is 0 Å². The van der Waals surface area contributed by atoms with Crippen molar-refractivity contribution in [1.82, 2.24) is 0 Å². The van der Waals surface area contributed by atoms with Gasteiger partial charge < -0.3 is 9.05 Å². The maximum absolute atomic E-state index is 11.6. The van der Waals surface area contributed by atoms with Crippen LogP contribution in [-0.2, 0) is 13.6 Å². The van der Waals surface area contributed by atoms with Crippen LogP contribution in [0.1, 0.15) is 24.0 Å².